The summed E-state index contributed by atoms with van der Waals surface area (Å²) in [6.45, 7) is 0. The van der Waals surface area contributed by atoms with Crippen molar-refractivity contribution in [2.24, 2.45) is 0 Å². The molecule has 0 atom stereocenters. The van der Waals surface area contributed by atoms with E-state index in [0.717, 1.165) is 21.1 Å². The molecule has 0 bridgehead atoms. The molecule has 1 aromatic heterocycles. The maximum Gasteiger partial charge on any atom is 0.242 e. The first-order chi connectivity index (χ1) is 16.2. The SMILES string of the molecule is CN(C)S(=O)(=O)c1cccc(NC(=O)Cc2cn(-c3ccccc3)nc2-c2ccc(Cl)cc2)c1. The molecule has 1 amide bonds. The van der Waals surface area contributed by atoms with Gasteiger partial charge in [0.25, 0.3) is 0 Å². The van der Waals surface area contributed by atoms with Crippen LogP contribution in [0.25, 0.3) is 16.9 Å². The maximum atomic E-state index is 12.9. The highest BCUT2D eigenvalue weighted by molar-refractivity contribution is 7.89. The molecule has 3 aromatic carbocycles. The average Bonchev–Trinajstić information content (AvgIpc) is 3.23. The Morgan fingerprint density at radius 3 is 2.38 bits per heavy atom. The molecule has 0 fully saturated rings. The summed E-state index contributed by atoms with van der Waals surface area (Å²) in [4.78, 5) is 13.0. The molecule has 0 unspecified atom stereocenters. The molecular weight excluding hydrogens is 472 g/mol. The van der Waals surface area contributed by atoms with Crippen LogP contribution in [0.15, 0.2) is 90.0 Å². The number of para-hydroxylation sites is 1. The molecule has 0 saturated heterocycles. The van der Waals surface area contributed by atoms with Gasteiger partial charge in [0.15, 0.2) is 0 Å². The number of nitrogens with one attached hydrogen (secondary N) is 1. The fraction of sp³-hybridized carbons (Fsp3) is 0.120. The van der Waals surface area contributed by atoms with Gasteiger partial charge in [-0.1, -0.05) is 48.0 Å². The summed E-state index contributed by atoms with van der Waals surface area (Å²) < 4.78 is 27.7. The van der Waals surface area contributed by atoms with Crippen molar-refractivity contribution < 1.29 is 13.2 Å². The van der Waals surface area contributed by atoms with Crippen molar-refractivity contribution in [3.63, 3.8) is 0 Å². The number of amides is 1. The number of hydrogen-bond acceptors (Lipinski definition) is 4. The van der Waals surface area contributed by atoms with Crippen molar-refractivity contribution in [3.8, 4) is 16.9 Å². The highest BCUT2D eigenvalue weighted by Gasteiger charge is 2.19. The van der Waals surface area contributed by atoms with Crippen molar-refractivity contribution in [1.82, 2.24) is 14.1 Å². The van der Waals surface area contributed by atoms with Crippen LogP contribution in [0.3, 0.4) is 0 Å². The lowest BCUT2D eigenvalue weighted by molar-refractivity contribution is -0.115. The zero-order chi connectivity index (χ0) is 24.3. The highest BCUT2D eigenvalue weighted by Crippen LogP contribution is 2.26. The fourth-order valence-electron chi connectivity index (χ4n) is 3.43. The minimum absolute atomic E-state index is 0.0510. The Kier molecular flexibility index (Phi) is 6.83. The third-order valence-corrected chi connectivity index (χ3v) is 7.24. The topological polar surface area (TPSA) is 84.3 Å². The first-order valence-electron chi connectivity index (χ1n) is 10.5. The van der Waals surface area contributed by atoms with E-state index < -0.39 is 10.0 Å². The van der Waals surface area contributed by atoms with E-state index in [0.29, 0.717) is 16.4 Å². The summed E-state index contributed by atoms with van der Waals surface area (Å²) in [7, 11) is -0.687. The van der Waals surface area contributed by atoms with Gasteiger partial charge in [-0.05, 0) is 42.5 Å². The van der Waals surface area contributed by atoms with Gasteiger partial charge in [-0.25, -0.2) is 17.4 Å². The van der Waals surface area contributed by atoms with E-state index in [2.05, 4.69) is 5.32 Å². The van der Waals surface area contributed by atoms with Crippen LogP contribution in [0.5, 0.6) is 0 Å². The van der Waals surface area contributed by atoms with Crippen molar-refractivity contribution in [1.29, 1.82) is 0 Å². The number of halogens is 1. The Morgan fingerprint density at radius 1 is 1.00 bits per heavy atom. The van der Waals surface area contributed by atoms with E-state index in [1.165, 1.54) is 26.2 Å². The standard InChI is InChI=1S/C25H23ClN4O3S/c1-29(2)34(32,33)23-10-6-7-21(16-23)27-24(31)15-19-17-30(22-8-4-3-5-9-22)28-25(19)18-11-13-20(26)14-12-18/h3-14,16-17H,15H2,1-2H3,(H,27,31). The highest BCUT2D eigenvalue weighted by atomic mass is 35.5. The van der Waals surface area contributed by atoms with Gasteiger partial charge < -0.3 is 5.32 Å². The summed E-state index contributed by atoms with van der Waals surface area (Å²) >= 11 is 6.04. The first-order valence-corrected chi connectivity index (χ1v) is 12.3. The number of benzene rings is 3. The van der Waals surface area contributed by atoms with Gasteiger partial charge >= 0.3 is 0 Å². The summed E-state index contributed by atoms with van der Waals surface area (Å²) in [6, 6.07) is 23.1. The van der Waals surface area contributed by atoms with Gasteiger partial charge in [-0.15, -0.1) is 0 Å². The van der Waals surface area contributed by atoms with Crippen LogP contribution in [-0.2, 0) is 21.2 Å². The van der Waals surface area contributed by atoms with Gasteiger partial charge in [0.1, 0.15) is 0 Å². The van der Waals surface area contributed by atoms with Crippen LogP contribution in [0.2, 0.25) is 5.02 Å². The van der Waals surface area contributed by atoms with Gasteiger partial charge in [0.2, 0.25) is 15.9 Å². The number of anilines is 1. The molecule has 4 aromatic rings. The molecule has 0 aliphatic heterocycles. The van der Waals surface area contributed by atoms with E-state index >= 15 is 0 Å². The zero-order valence-electron chi connectivity index (χ0n) is 18.6. The third kappa shape index (κ3) is 5.20. The van der Waals surface area contributed by atoms with Crippen LogP contribution in [-0.4, -0.2) is 42.5 Å². The second kappa shape index (κ2) is 9.80. The predicted molar refractivity (Wildman–Crippen MR) is 134 cm³/mol. The fourth-order valence-corrected chi connectivity index (χ4v) is 4.50. The molecular formula is C25H23ClN4O3S. The van der Waals surface area contributed by atoms with Crippen molar-refractivity contribution >= 4 is 33.2 Å². The Hall–Kier alpha value is -3.46. The minimum atomic E-state index is -3.61. The number of carbonyl (C=O) groups is 1. The third-order valence-electron chi connectivity index (χ3n) is 5.18. The van der Waals surface area contributed by atoms with Crippen molar-refractivity contribution in [2.45, 2.75) is 11.3 Å². The maximum absolute atomic E-state index is 12.9. The normalized spacial score (nSPS) is 11.5. The minimum Gasteiger partial charge on any atom is -0.326 e. The summed E-state index contributed by atoms with van der Waals surface area (Å²) in [5, 5.41) is 8.12. The first kappa shape index (κ1) is 23.7. The van der Waals surface area contributed by atoms with Crippen molar-refractivity contribution in [3.05, 3.63) is 95.6 Å². The Morgan fingerprint density at radius 2 is 1.71 bits per heavy atom. The second-order valence-electron chi connectivity index (χ2n) is 7.83. The van der Waals surface area contributed by atoms with E-state index in [4.69, 9.17) is 16.7 Å². The quantitative estimate of drug-likeness (QED) is 0.406. The van der Waals surface area contributed by atoms with E-state index in [9.17, 15) is 13.2 Å². The van der Waals surface area contributed by atoms with E-state index in [-0.39, 0.29) is 17.2 Å². The Labute approximate surface area is 203 Å². The van der Waals surface area contributed by atoms with Gasteiger partial charge in [0, 0.05) is 42.1 Å². The molecule has 0 aliphatic carbocycles. The molecule has 9 heteroatoms. The smallest absolute Gasteiger partial charge is 0.242 e. The molecule has 4 rings (SSSR count). The molecule has 0 spiro atoms. The van der Waals surface area contributed by atoms with Crippen LogP contribution < -0.4 is 5.32 Å². The predicted octanol–water partition coefficient (Wildman–Crippen LogP) is 4.62. The van der Waals surface area contributed by atoms with Gasteiger partial charge in [-0.3, -0.25) is 4.79 Å². The van der Waals surface area contributed by atoms with Gasteiger partial charge in [-0.2, -0.15) is 5.10 Å². The van der Waals surface area contributed by atoms with E-state index in [1.807, 2.05) is 48.7 Å². The summed E-state index contributed by atoms with van der Waals surface area (Å²) in [6.07, 6.45) is 1.88. The Balaban J connectivity index is 1.62. The molecule has 0 aliphatic rings. The molecule has 1 heterocycles. The van der Waals surface area contributed by atoms with Gasteiger partial charge in [0.05, 0.1) is 22.7 Å². The number of hydrogen-bond donors (Lipinski definition) is 1. The lowest BCUT2D eigenvalue weighted by Gasteiger charge is -2.12. The van der Waals surface area contributed by atoms with Crippen LogP contribution in [0.1, 0.15) is 5.56 Å². The molecule has 174 valence electrons. The number of aromatic nitrogens is 2. The summed E-state index contributed by atoms with van der Waals surface area (Å²) in [5.74, 6) is -0.290. The monoisotopic (exact) mass is 494 g/mol. The Bertz CT molecular complexity index is 1420. The number of rotatable bonds is 7. The van der Waals surface area contributed by atoms with Crippen LogP contribution in [0.4, 0.5) is 5.69 Å². The lowest BCUT2D eigenvalue weighted by Crippen LogP contribution is -2.22. The molecule has 0 saturated carbocycles. The molecule has 1 N–H and O–H groups in total. The largest absolute Gasteiger partial charge is 0.326 e. The van der Waals surface area contributed by atoms with Crippen molar-refractivity contribution in [2.75, 3.05) is 19.4 Å². The van der Waals surface area contributed by atoms with Crippen LogP contribution >= 0.6 is 11.6 Å². The van der Waals surface area contributed by atoms with E-state index in [1.54, 1.807) is 28.9 Å². The summed E-state index contributed by atoms with van der Waals surface area (Å²) in [5.41, 5.74) is 3.49. The van der Waals surface area contributed by atoms with Crippen LogP contribution in [0, 0.1) is 0 Å². The number of carbonyl (C=O) groups excluding carboxylic acids is 1. The zero-order valence-corrected chi connectivity index (χ0v) is 20.2. The molecule has 7 nitrogen and oxygen atoms in total. The number of nitrogens with zero attached hydrogens (tertiary/aromatic N) is 3. The lowest BCUT2D eigenvalue weighted by atomic mass is 10.1. The molecule has 0 radical (unpaired) electrons. The number of sulfonamides is 1. The average molecular weight is 495 g/mol. The second-order valence-corrected chi connectivity index (χ2v) is 10.4. The molecule has 34 heavy (non-hydrogen) atoms.